The van der Waals surface area contributed by atoms with Crippen molar-refractivity contribution in [3.05, 3.63) is 52.3 Å². The Labute approximate surface area is 148 Å². The van der Waals surface area contributed by atoms with E-state index >= 15 is 0 Å². The summed E-state index contributed by atoms with van der Waals surface area (Å²) in [6, 6.07) is 8.15. The molecule has 0 fully saturated rings. The Hall–Kier alpha value is -2.34. The third-order valence-corrected chi connectivity index (χ3v) is 4.66. The van der Waals surface area contributed by atoms with Crippen LogP contribution >= 0.6 is 15.9 Å². The van der Waals surface area contributed by atoms with Gasteiger partial charge in [-0.1, -0.05) is 32.0 Å². The minimum absolute atomic E-state index is 0.294. The molecule has 1 aromatic carbocycles. The summed E-state index contributed by atoms with van der Waals surface area (Å²) in [6.45, 7) is 4.53. The van der Waals surface area contributed by atoms with Gasteiger partial charge in [-0.2, -0.15) is 0 Å². The third kappa shape index (κ3) is 3.14. The summed E-state index contributed by atoms with van der Waals surface area (Å²) in [5.41, 5.74) is 5.15. The number of amides is 1. The van der Waals surface area contributed by atoms with E-state index in [-0.39, 0.29) is 0 Å². The number of pyridine rings is 1. The molecule has 0 spiro atoms. The summed E-state index contributed by atoms with van der Waals surface area (Å²) in [7, 11) is 0. The maximum atomic E-state index is 10.8. The molecule has 0 radical (unpaired) electrons. The highest BCUT2D eigenvalue weighted by Crippen LogP contribution is 2.34. The Bertz CT molecular complexity index is 902. The number of rotatable bonds is 4. The molecule has 0 unspecified atom stereocenters. The van der Waals surface area contributed by atoms with Gasteiger partial charge in [0.15, 0.2) is 0 Å². The number of fused-ring (bicyclic) bond motifs is 1. The van der Waals surface area contributed by atoms with E-state index in [1.807, 2.05) is 24.4 Å². The molecule has 0 saturated carbocycles. The zero-order chi connectivity index (χ0) is 17.3. The lowest BCUT2D eigenvalue weighted by Gasteiger charge is -2.15. The quantitative estimate of drug-likeness (QED) is 0.596. The molecule has 3 rings (SSSR count). The van der Waals surface area contributed by atoms with Gasteiger partial charge in [-0.3, -0.25) is 0 Å². The first-order valence-electron chi connectivity index (χ1n) is 7.69. The second kappa shape index (κ2) is 6.65. The van der Waals surface area contributed by atoms with Gasteiger partial charge in [0.2, 0.25) is 0 Å². The van der Waals surface area contributed by atoms with E-state index in [1.54, 1.807) is 6.20 Å². The average molecular weight is 388 g/mol. The van der Waals surface area contributed by atoms with Gasteiger partial charge in [0.1, 0.15) is 5.65 Å². The fraction of sp³-hybridized carbons (Fsp3) is 0.222. The van der Waals surface area contributed by atoms with Crippen LogP contribution in [0.5, 0.6) is 0 Å². The van der Waals surface area contributed by atoms with Gasteiger partial charge in [-0.05, 0) is 50.2 Å². The van der Waals surface area contributed by atoms with Crippen molar-refractivity contribution < 1.29 is 9.90 Å². The number of halogens is 1. The molecule has 0 atom stereocenters. The van der Waals surface area contributed by atoms with Gasteiger partial charge < -0.3 is 15.4 Å². The number of hydrogen-bond acceptors (Lipinski definition) is 2. The zero-order valence-electron chi connectivity index (χ0n) is 13.4. The van der Waals surface area contributed by atoms with Crippen LogP contribution in [-0.4, -0.2) is 21.2 Å². The van der Waals surface area contributed by atoms with Gasteiger partial charge in [-0.15, -0.1) is 0 Å². The highest BCUT2D eigenvalue weighted by atomic mass is 79.9. The summed E-state index contributed by atoms with van der Waals surface area (Å²) in [6.07, 6.45) is 2.66. The second-order valence-electron chi connectivity index (χ2n) is 5.95. The molecule has 0 bridgehead atoms. The normalized spacial score (nSPS) is 11.2. The van der Waals surface area contributed by atoms with E-state index in [4.69, 9.17) is 5.11 Å². The second-order valence-corrected chi connectivity index (χ2v) is 6.80. The van der Waals surface area contributed by atoms with E-state index in [2.05, 4.69) is 51.1 Å². The average Bonchev–Trinajstić information content (AvgIpc) is 2.94. The van der Waals surface area contributed by atoms with Gasteiger partial charge in [0.25, 0.3) is 0 Å². The van der Waals surface area contributed by atoms with E-state index < -0.39 is 6.09 Å². The van der Waals surface area contributed by atoms with Gasteiger partial charge >= 0.3 is 6.09 Å². The Morgan fingerprint density at radius 2 is 2.17 bits per heavy atom. The van der Waals surface area contributed by atoms with Crippen molar-refractivity contribution in [1.29, 1.82) is 0 Å². The molecule has 6 heteroatoms. The van der Waals surface area contributed by atoms with Crippen LogP contribution in [-0.2, 0) is 6.54 Å². The summed E-state index contributed by atoms with van der Waals surface area (Å²) < 4.78 is 0.975. The fourth-order valence-electron chi connectivity index (χ4n) is 2.89. The molecule has 2 heterocycles. The lowest BCUT2D eigenvalue weighted by molar-refractivity contribution is 0.194. The van der Waals surface area contributed by atoms with Crippen LogP contribution in [0.3, 0.4) is 0 Å². The van der Waals surface area contributed by atoms with E-state index in [0.717, 1.165) is 37.8 Å². The number of carbonyl (C=O) groups is 1. The van der Waals surface area contributed by atoms with Crippen LogP contribution in [0.2, 0.25) is 0 Å². The number of hydrogen-bond donors (Lipinski definition) is 3. The molecule has 5 nitrogen and oxygen atoms in total. The number of nitrogens with one attached hydrogen (secondary N) is 2. The standard InChI is InChI=1S/C18H18BrN3O2/c1-10(2)14-7-11(3-4-12(14)8-22-18(23)24)13-5-6-20-17-16(13)15(19)9-21-17/h3-7,9-10,22H,8H2,1-2H3,(H,20,21)(H,23,24). The molecule has 3 aromatic rings. The number of H-pyrrole nitrogens is 1. The van der Waals surface area contributed by atoms with Crippen molar-refractivity contribution in [3.63, 3.8) is 0 Å². The number of aromatic amines is 1. The zero-order valence-corrected chi connectivity index (χ0v) is 15.0. The Balaban J connectivity index is 2.09. The first-order valence-corrected chi connectivity index (χ1v) is 8.48. The summed E-state index contributed by atoms with van der Waals surface area (Å²) in [4.78, 5) is 18.3. The molecule has 2 aromatic heterocycles. The van der Waals surface area contributed by atoms with E-state index in [0.29, 0.717) is 12.5 Å². The van der Waals surface area contributed by atoms with Crippen LogP contribution in [0, 0.1) is 0 Å². The van der Waals surface area contributed by atoms with Crippen LogP contribution < -0.4 is 5.32 Å². The molecular weight excluding hydrogens is 370 g/mol. The van der Waals surface area contributed by atoms with Crippen molar-refractivity contribution in [2.45, 2.75) is 26.3 Å². The van der Waals surface area contributed by atoms with Crippen LogP contribution in [0.25, 0.3) is 22.2 Å². The highest BCUT2D eigenvalue weighted by molar-refractivity contribution is 9.10. The van der Waals surface area contributed by atoms with Crippen LogP contribution in [0.1, 0.15) is 30.9 Å². The van der Waals surface area contributed by atoms with E-state index in [1.165, 1.54) is 0 Å². The maximum absolute atomic E-state index is 10.8. The number of carboxylic acid groups (broad SMARTS) is 1. The Morgan fingerprint density at radius 3 is 2.88 bits per heavy atom. The summed E-state index contributed by atoms with van der Waals surface area (Å²) in [5.74, 6) is 0.294. The monoisotopic (exact) mass is 387 g/mol. The van der Waals surface area contributed by atoms with E-state index in [9.17, 15) is 4.79 Å². The fourth-order valence-corrected chi connectivity index (χ4v) is 3.41. The SMILES string of the molecule is CC(C)c1cc(-c2ccnc3[nH]cc(Br)c23)ccc1CNC(=O)O. The molecule has 0 aliphatic carbocycles. The largest absolute Gasteiger partial charge is 0.465 e. The van der Waals surface area contributed by atoms with Gasteiger partial charge in [0.05, 0.1) is 0 Å². The molecule has 0 aliphatic rings. The Kier molecular flexibility index (Phi) is 4.57. The third-order valence-electron chi connectivity index (χ3n) is 4.03. The van der Waals surface area contributed by atoms with Crippen LogP contribution in [0.15, 0.2) is 41.1 Å². The minimum atomic E-state index is -1.01. The first-order chi connectivity index (χ1) is 11.5. The predicted molar refractivity (Wildman–Crippen MR) is 98.2 cm³/mol. The summed E-state index contributed by atoms with van der Waals surface area (Å²) >= 11 is 3.57. The predicted octanol–water partition coefficient (Wildman–Crippen LogP) is 4.88. The number of nitrogens with zero attached hydrogens (tertiary/aromatic N) is 1. The molecule has 0 saturated heterocycles. The smallest absolute Gasteiger partial charge is 0.404 e. The summed E-state index contributed by atoms with van der Waals surface area (Å²) in [5, 5.41) is 12.3. The van der Waals surface area contributed by atoms with Crippen molar-refractivity contribution in [1.82, 2.24) is 15.3 Å². The highest BCUT2D eigenvalue weighted by Gasteiger charge is 2.13. The van der Waals surface area contributed by atoms with Gasteiger partial charge in [0, 0.05) is 28.8 Å². The van der Waals surface area contributed by atoms with Crippen molar-refractivity contribution >= 4 is 33.1 Å². The minimum Gasteiger partial charge on any atom is -0.465 e. The lowest BCUT2D eigenvalue weighted by Crippen LogP contribution is -2.21. The van der Waals surface area contributed by atoms with Crippen molar-refractivity contribution in [2.75, 3.05) is 0 Å². The van der Waals surface area contributed by atoms with Gasteiger partial charge in [-0.25, -0.2) is 9.78 Å². The maximum Gasteiger partial charge on any atom is 0.404 e. The number of benzene rings is 1. The number of aromatic nitrogens is 2. The molecule has 24 heavy (non-hydrogen) atoms. The lowest BCUT2D eigenvalue weighted by atomic mass is 9.92. The topological polar surface area (TPSA) is 78.0 Å². The molecule has 3 N–H and O–H groups in total. The Morgan fingerprint density at radius 1 is 1.38 bits per heavy atom. The van der Waals surface area contributed by atoms with Crippen molar-refractivity contribution in [3.8, 4) is 11.1 Å². The molecule has 1 amide bonds. The van der Waals surface area contributed by atoms with Crippen LogP contribution in [0.4, 0.5) is 4.79 Å². The molecule has 0 aliphatic heterocycles. The first kappa shape index (κ1) is 16.5. The molecular formula is C18H18BrN3O2. The van der Waals surface area contributed by atoms with Crippen molar-refractivity contribution in [2.24, 2.45) is 0 Å². The molecule has 124 valence electrons.